The fourth-order valence-corrected chi connectivity index (χ4v) is 3.42. The first-order valence-electron chi connectivity index (χ1n) is 9.81. The number of aromatic hydroxyl groups is 1. The summed E-state index contributed by atoms with van der Waals surface area (Å²) in [5.74, 6) is -0.645. The Morgan fingerprint density at radius 1 is 1.03 bits per heavy atom. The number of rotatable bonds is 8. The number of hydrogen-bond acceptors (Lipinski definition) is 9. The molecule has 0 spiro atoms. The van der Waals surface area contributed by atoms with Gasteiger partial charge in [0.05, 0.1) is 13.7 Å². The Morgan fingerprint density at radius 3 is 2.35 bits per heavy atom. The predicted molar refractivity (Wildman–Crippen MR) is 108 cm³/mol. The molecule has 31 heavy (non-hydrogen) atoms. The van der Waals surface area contributed by atoms with E-state index in [-0.39, 0.29) is 35.0 Å². The minimum absolute atomic E-state index is 0.0354. The van der Waals surface area contributed by atoms with E-state index >= 15 is 0 Å². The third-order valence-corrected chi connectivity index (χ3v) is 5.12. The fraction of sp³-hybridized carbons (Fsp3) is 0.409. The van der Waals surface area contributed by atoms with Crippen LogP contribution >= 0.6 is 0 Å². The molecule has 9 nitrogen and oxygen atoms in total. The largest absolute Gasteiger partial charge is 0.508 e. The number of aliphatic hydroxyl groups excluding tert-OH is 4. The molecule has 0 aliphatic carbocycles. The number of phenolic OH excluding ortho intramolecular Hbond substituents is 1. The smallest absolute Gasteiger partial charge is 0.229 e. The van der Waals surface area contributed by atoms with Gasteiger partial charge in [0.2, 0.25) is 6.29 Å². The lowest BCUT2D eigenvalue weighted by atomic mass is 9.99. The molecule has 9 heteroatoms. The summed E-state index contributed by atoms with van der Waals surface area (Å²) in [5.41, 5.74) is 0.998. The predicted octanol–water partition coefficient (Wildman–Crippen LogP) is 0.395. The minimum Gasteiger partial charge on any atom is -0.508 e. The van der Waals surface area contributed by atoms with Gasteiger partial charge >= 0.3 is 0 Å². The van der Waals surface area contributed by atoms with Crippen LogP contribution in [-0.4, -0.2) is 75.7 Å². The molecule has 5 unspecified atom stereocenters. The lowest BCUT2D eigenvalue weighted by Crippen LogP contribution is -2.60. The Kier molecular flexibility index (Phi) is 7.47. The van der Waals surface area contributed by atoms with E-state index in [2.05, 4.69) is 0 Å². The van der Waals surface area contributed by atoms with Crippen LogP contribution in [0.4, 0.5) is 0 Å². The van der Waals surface area contributed by atoms with E-state index in [1.807, 2.05) is 30.3 Å². The normalized spacial score (nSPS) is 25.8. The van der Waals surface area contributed by atoms with Crippen molar-refractivity contribution in [2.75, 3.05) is 13.7 Å². The lowest BCUT2D eigenvalue weighted by Gasteiger charge is -2.39. The zero-order valence-electron chi connectivity index (χ0n) is 16.9. The van der Waals surface area contributed by atoms with E-state index in [1.54, 1.807) is 0 Å². The van der Waals surface area contributed by atoms with Crippen LogP contribution in [0.3, 0.4) is 0 Å². The van der Waals surface area contributed by atoms with Crippen molar-refractivity contribution >= 4 is 5.78 Å². The summed E-state index contributed by atoms with van der Waals surface area (Å²) in [5, 5.41) is 49.5. The minimum atomic E-state index is -1.67. The van der Waals surface area contributed by atoms with Crippen molar-refractivity contribution in [3.8, 4) is 17.2 Å². The molecular weight excluding hydrogens is 408 g/mol. The van der Waals surface area contributed by atoms with Crippen molar-refractivity contribution in [2.24, 2.45) is 0 Å². The Balaban J connectivity index is 1.87. The first-order valence-corrected chi connectivity index (χ1v) is 9.81. The van der Waals surface area contributed by atoms with E-state index in [0.29, 0.717) is 6.42 Å². The average molecular weight is 434 g/mol. The number of phenols is 1. The zero-order chi connectivity index (χ0) is 22.5. The highest BCUT2D eigenvalue weighted by atomic mass is 16.7. The van der Waals surface area contributed by atoms with Crippen molar-refractivity contribution in [1.29, 1.82) is 0 Å². The maximum atomic E-state index is 13.0. The van der Waals surface area contributed by atoms with Crippen LogP contribution in [-0.2, 0) is 11.2 Å². The second-order valence-corrected chi connectivity index (χ2v) is 7.25. The Bertz CT molecular complexity index is 884. The number of benzene rings is 2. The van der Waals surface area contributed by atoms with E-state index in [4.69, 9.17) is 14.2 Å². The first-order chi connectivity index (χ1) is 14.8. The van der Waals surface area contributed by atoms with Crippen LogP contribution in [0, 0.1) is 0 Å². The van der Waals surface area contributed by atoms with Crippen molar-refractivity contribution in [3.63, 3.8) is 0 Å². The fourth-order valence-electron chi connectivity index (χ4n) is 3.42. The van der Waals surface area contributed by atoms with Gasteiger partial charge in [-0.1, -0.05) is 30.3 Å². The molecule has 1 aliphatic rings. The first kappa shape index (κ1) is 23.0. The molecule has 5 N–H and O–H groups in total. The van der Waals surface area contributed by atoms with Crippen LogP contribution in [0.25, 0.3) is 0 Å². The van der Waals surface area contributed by atoms with E-state index in [1.165, 1.54) is 19.2 Å². The number of ether oxygens (including phenoxy) is 3. The van der Waals surface area contributed by atoms with E-state index < -0.39 is 37.3 Å². The second-order valence-electron chi connectivity index (χ2n) is 7.25. The zero-order valence-corrected chi connectivity index (χ0v) is 16.9. The summed E-state index contributed by atoms with van der Waals surface area (Å²) in [6, 6.07) is 11.8. The van der Waals surface area contributed by atoms with Gasteiger partial charge < -0.3 is 39.7 Å². The summed E-state index contributed by atoms with van der Waals surface area (Å²) in [7, 11) is 1.33. The van der Waals surface area contributed by atoms with Gasteiger partial charge in [0.25, 0.3) is 0 Å². The molecule has 1 heterocycles. The average Bonchev–Trinajstić information content (AvgIpc) is 2.78. The van der Waals surface area contributed by atoms with Crippen LogP contribution in [0.15, 0.2) is 42.5 Å². The molecule has 168 valence electrons. The standard InChI is InChI=1S/C22H26O9/c1-29-15-9-13(24)10-16(18(15)14(25)8-7-12-5-3-2-4-6-12)30-22-21(28)20(27)19(26)17(11-23)31-22/h2-6,9-10,17,19-24,26-28H,7-8,11H2,1H3. The molecule has 0 saturated carbocycles. The molecule has 1 fully saturated rings. The molecule has 0 aromatic heterocycles. The summed E-state index contributed by atoms with van der Waals surface area (Å²) >= 11 is 0. The Morgan fingerprint density at radius 2 is 1.71 bits per heavy atom. The van der Waals surface area contributed by atoms with Crippen molar-refractivity contribution in [2.45, 2.75) is 43.5 Å². The van der Waals surface area contributed by atoms with Gasteiger partial charge in [0.15, 0.2) is 5.78 Å². The van der Waals surface area contributed by atoms with Gasteiger partial charge in [0, 0.05) is 18.6 Å². The highest BCUT2D eigenvalue weighted by molar-refractivity contribution is 6.01. The molecule has 5 atom stereocenters. The maximum absolute atomic E-state index is 13.0. The van der Waals surface area contributed by atoms with Gasteiger partial charge in [-0.3, -0.25) is 4.79 Å². The number of carbonyl (C=O) groups is 1. The molecule has 0 bridgehead atoms. The second kappa shape index (κ2) is 10.1. The molecule has 3 rings (SSSR count). The van der Waals surface area contributed by atoms with Crippen molar-refractivity contribution in [3.05, 3.63) is 53.6 Å². The molecule has 2 aromatic rings. The number of Topliss-reactive ketones (excluding diaryl/α,β-unsaturated/α-hetero) is 1. The summed E-state index contributed by atoms with van der Waals surface area (Å²) in [6.45, 7) is -0.628. The van der Waals surface area contributed by atoms with E-state index in [9.17, 15) is 30.3 Å². The topological polar surface area (TPSA) is 146 Å². The number of hydrogen-bond donors (Lipinski definition) is 5. The maximum Gasteiger partial charge on any atom is 0.229 e. The molecule has 1 aliphatic heterocycles. The number of methoxy groups -OCH3 is 1. The summed E-state index contributed by atoms with van der Waals surface area (Å²) in [4.78, 5) is 13.0. The van der Waals surface area contributed by atoms with Gasteiger partial charge in [-0.25, -0.2) is 0 Å². The van der Waals surface area contributed by atoms with Crippen molar-refractivity contribution < 1.29 is 44.5 Å². The third kappa shape index (κ3) is 5.15. The van der Waals surface area contributed by atoms with E-state index in [0.717, 1.165) is 5.56 Å². The third-order valence-electron chi connectivity index (χ3n) is 5.12. The SMILES string of the molecule is COc1cc(O)cc(OC2OC(CO)C(O)C(O)C2O)c1C(=O)CCc1ccccc1. The Labute approximate surface area is 179 Å². The molecule has 1 saturated heterocycles. The van der Waals surface area contributed by atoms with Gasteiger partial charge in [-0.05, 0) is 12.0 Å². The molecule has 0 amide bonds. The molecular formula is C22H26O9. The molecule has 0 radical (unpaired) electrons. The summed E-state index contributed by atoms with van der Waals surface area (Å²) in [6.07, 6.45) is -6.97. The highest BCUT2D eigenvalue weighted by Crippen LogP contribution is 2.36. The van der Waals surface area contributed by atoms with Crippen LogP contribution in [0.2, 0.25) is 0 Å². The summed E-state index contributed by atoms with van der Waals surface area (Å²) < 4.78 is 16.2. The Hall–Kier alpha value is -2.69. The number of carbonyl (C=O) groups excluding carboxylic acids is 1. The van der Waals surface area contributed by atoms with Crippen LogP contribution < -0.4 is 9.47 Å². The quantitative estimate of drug-likeness (QED) is 0.373. The van der Waals surface area contributed by atoms with Crippen LogP contribution in [0.1, 0.15) is 22.3 Å². The van der Waals surface area contributed by atoms with Gasteiger partial charge in [-0.2, -0.15) is 0 Å². The molecule has 2 aromatic carbocycles. The van der Waals surface area contributed by atoms with Crippen LogP contribution in [0.5, 0.6) is 17.2 Å². The number of ketones is 1. The highest BCUT2D eigenvalue weighted by Gasteiger charge is 2.45. The van der Waals surface area contributed by atoms with Crippen molar-refractivity contribution in [1.82, 2.24) is 0 Å². The number of aryl methyl sites for hydroxylation is 1. The van der Waals surface area contributed by atoms with Gasteiger partial charge in [0.1, 0.15) is 47.2 Å². The van der Waals surface area contributed by atoms with Gasteiger partial charge in [-0.15, -0.1) is 0 Å². The monoisotopic (exact) mass is 434 g/mol. The number of aliphatic hydroxyl groups is 4. The lowest BCUT2D eigenvalue weighted by molar-refractivity contribution is -0.277.